The van der Waals surface area contributed by atoms with E-state index in [-0.39, 0.29) is 11.3 Å². The summed E-state index contributed by atoms with van der Waals surface area (Å²) in [6, 6.07) is 8.47. The Labute approximate surface area is 115 Å². The van der Waals surface area contributed by atoms with Crippen molar-refractivity contribution in [3.63, 3.8) is 0 Å². The fourth-order valence-electron chi connectivity index (χ4n) is 2.49. The molecule has 1 heterocycles. The van der Waals surface area contributed by atoms with E-state index in [0.717, 1.165) is 32.4 Å². The van der Waals surface area contributed by atoms with Crippen LogP contribution in [0.15, 0.2) is 24.3 Å². The van der Waals surface area contributed by atoms with Gasteiger partial charge in [-0.1, -0.05) is 38.1 Å². The minimum Gasteiger partial charge on any atom is -0.352 e. The molecule has 0 aliphatic carbocycles. The SMILES string of the molecule is CCc1ccc(CNC(=O)C2(C)CCNCC2)cc1. The molecule has 0 unspecified atom stereocenters. The van der Waals surface area contributed by atoms with E-state index in [1.165, 1.54) is 11.1 Å². The van der Waals surface area contributed by atoms with Crippen LogP contribution in [0.25, 0.3) is 0 Å². The van der Waals surface area contributed by atoms with E-state index in [4.69, 9.17) is 0 Å². The van der Waals surface area contributed by atoms with E-state index in [0.29, 0.717) is 6.54 Å². The minimum absolute atomic E-state index is 0.188. The molecule has 0 bridgehead atoms. The van der Waals surface area contributed by atoms with Crippen molar-refractivity contribution in [2.24, 2.45) is 5.41 Å². The average molecular weight is 260 g/mol. The first kappa shape index (κ1) is 14.1. The molecule has 19 heavy (non-hydrogen) atoms. The van der Waals surface area contributed by atoms with E-state index >= 15 is 0 Å². The number of aryl methyl sites for hydroxylation is 1. The van der Waals surface area contributed by atoms with Crippen molar-refractivity contribution >= 4 is 5.91 Å². The fourth-order valence-corrected chi connectivity index (χ4v) is 2.49. The standard InChI is InChI=1S/C16H24N2O/c1-3-13-4-6-14(7-5-13)12-18-15(19)16(2)8-10-17-11-9-16/h4-7,17H,3,8-12H2,1-2H3,(H,18,19). The lowest BCUT2D eigenvalue weighted by Gasteiger charge is -2.32. The second-order valence-electron chi connectivity index (χ2n) is 5.66. The first-order valence-corrected chi connectivity index (χ1v) is 7.21. The molecule has 0 radical (unpaired) electrons. The molecule has 2 N–H and O–H groups in total. The predicted octanol–water partition coefficient (Wildman–Crippen LogP) is 2.25. The second kappa shape index (κ2) is 6.20. The highest BCUT2D eigenvalue weighted by atomic mass is 16.2. The molecule has 0 aromatic heterocycles. The summed E-state index contributed by atoms with van der Waals surface area (Å²) in [5.74, 6) is 0.188. The molecule has 1 aliphatic rings. The molecular formula is C16H24N2O. The Balaban J connectivity index is 1.88. The highest BCUT2D eigenvalue weighted by Crippen LogP contribution is 2.28. The van der Waals surface area contributed by atoms with Crippen LogP contribution >= 0.6 is 0 Å². The summed E-state index contributed by atoms with van der Waals surface area (Å²) in [6.45, 7) is 6.73. The predicted molar refractivity (Wildman–Crippen MR) is 77.9 cm³/mol. The number of piperidine rings is 1. The van der Waals surface area contributed by atoms with Gasteiger partial charge in [-0.15, -0.1) is 0 Å². The summed E-state index contributed by atoms with van der Waals surface area (Å²) in [5.41, 5.74) is 2.30. The molecule has 0 saturated carbocycles. The van der Waals surface area contributed by atoms with Gasteiger partial charge in [0, 0.05) is 12.0 Å². The van der Waals surface area contributed by atoms with Crippen LogP contribution in [-0.2, 0) is 17.8 Å². The molecule has 1 fully saturated rings. The second-order valence-corrected chi connectivity index (χ2v) is 5.66. The topological polar surface area (TPSA) is 41.1 Å². The number of nitrogens with one attached hydrogen (secondary N) is 2. The van der Waals surface area contributed by atoms with Gasteiger partial charge in [0.15, 0.2) is 0 Å². The number of amides is 1. The first-order valence-electron chi connectivity index (χ1n) is 7.21. The van der Waals surface area contributed by atoms with Gasteiger partial charge in [0.2, 0.25) is 5.91 Å². The third kappa shape index (κ3) is 3.57. The zero-order valence-electron chi connectivity index (χ0n) is 12.0. The lowest BCUT2D eigenvalue weighted by Crippen LogP contribution is -2.45. The third-order valence-electron chi connectivity index (χ3n) is 4.14. The molecule has 0 atom stereocenters. The number of hydrogen-bond donors (Lipinski definition) is 2. The van der Waals surface area contributed by atoms with Crippen molar-refractivity contribution in [1.82, 2.24) is 10.6 Å². The van der Waals surface area contributed by atoms with Gasteiger partial charge in [0.05, 0.1) is 0 Å². The van der Waals surface area contributed by atoms with Gasteiger partial charge in [-0.3, -0.25) is 4.79 Å². The van der Waals surface area contributed by atoms with E-state index in [1.807, 2.05) is 0 Å². The molecule has 1 aliphatic heterocycles. The number of hydrogen-bond acceptors (Lipinski definition) is 2. The minimum atomic E-state index is -0.200. The Bertz CT molecular complexity index is 419. The van der Waals surface area contributed by atoms with Crippen molar-refractivity contribution in [2.75, 3.05) is 13.1 Å². The molecular weight excluding hydrogens is 236 g/mol. The Morgan fingerprint density at radius 1 is 1.21 bits per heavy atom. The molecule has 1 amide bonds. The van der Waals surface area contributed by atoms with Crippen LogP contribution in [0.1, 0.15) is 37.8 Å². The van der Waals surface area contributed by atoms with Crippen molar-refractivity contribution < 1.29 is 4.79 Å². The number of carbonyl (C=O) groups excluding carboxylic acids is 1. The van der Waals surface area contributed by atoms with E-state index < -0.39 is 0 Å². The first-order chi connectivity index (χ1) is 9.14. The summed E-state index contributed by atoms with van der Waals surface area (Å²) < 4.78 is 0. The van der Waals surface area contributed by atoms with Gasteiger partial charge in [0.25, 0.3) is 0 Å². The van der Waals surface area contributed by atoms with Crippen molar-refractivity contribution in [2.45, 2.75) is 39.7 Å². The van der Waals surface area contributed by atoms with Gasteiger partial charge >= 0.3 is 0 Å². The van der Waals surface area contributed by atoms with Crippen LogP contribution in [-0.4, -0.2) is 19.0 Å². The third-order valence-corrected chi connectivity index (χ3v) is 4.14. The van der Waals surface area contributed by atoms with E-state index in [1.54, 1.807) is 0 Å². The highest BCUT2D eigenvalue weighted by Gasteiger charge is 2.34. The highest BCUT2D eigenvalue weighted by molar-refractivity contribution is 5.82. The van der Waals surface area contributed by atoms with Gasteiger partial charge in [-0.05, 0) is 43.5 Å². The molecule has 0 spiro atoms. The largest absolute Gasteiger partial charge is 0.352 e. The summed E-state index contributed by atoms with van der Waals surface area (Å²) in [7, 11) is 0. The van der Waals surface area contributed by atoms with Crippen LogP contribution in [0, 0.1) is 5.41 Å². The molecule has 1 aromatic rings. The summed E-state index contributed by atoms with van der Waals surface area (Å²) >= 11 is 0. The van der Waals surface area contributed by atoms with Crippen LogP contribution in [0.3, 0.4) is 0 Å². The monoisotopic (exact) mass is 260 g/mol. The Hall–Kier alpha value is -1.35. The maximum Gasteiger partial charge on any atom is 0.226 e. The lowest BCUT2D eigenvalue weighted by molar-refractivity contribution is -0.131. The van der Waals surface area contributed by atoms with Crippen LogP contribution in [0.2, 0.25) is 0 Å². The number of rotatable bonds is 4. The van der Waals surface area contributed by atoms with Crippen LogP contribution < -0.4 is 10.6 Å². The van der Waals surface area contributed by atoms with Gasteiger partial charge in [-0.2, -0.15) is 0 Å². The fraction of sp³-hybridized carbons (Fsp3) is 0.562. The summed E-state index contributed by atoms with van der Waals surface area (Å²) in [4.78, 5) is 12.3. The van der Waals surface area contributed by atoms with Crippen LogP contribution in [0.5, 0.6) is 0 Å². The lowest BCUT2D eigenvalue weighted by atomic mass is 9.80. The summed E-state index contributed by atoms with van der Waals surface area (Å²) in [5, 5.41) is 6.38. The van der Waals surface area contributed by atoms with Crippen molar-refractivity contribution in [1.29, 1.82) is 0 Å². The number of benzene rings is 1. The zero-order chi connectivity index (χ0) is 13.7. The zero-order valence-corrected chi connectivity index (χ0v) is 12.0. The normalized spacial score (nSPS) is 18.0. The Kier molecular flexibility index (Phi) is 4.59. The molecule has 3 heteroatoms. The van der Waals surface area contributed by atoms with E-state index in [2.05, 4.69) is 48.7 Å². The molecule has 2 rings (SSSR count). The van der Waals surface area contributed by atoms with Gasteiger partial charge in [-0.25, -0.2) is 0 Å². The smallest absolute Gasteiger partial charge is 0.226 e. The van der Waals surface area contributed by atoms with Gasteiger partial charge < -0.3 is 10.6 Å². The van der Waals surface area contributed by atoms with Crippen LogP contribution in [0.4, 0.5) is 0 Å². The molecule has 104 valence electrons. The van der Waals surface area contributed by atoms with Crippen molar-refractivity contribution in [3.05, 3.63) is 35.4 Å². The van der Waals surface area contributed by atoms with Crippen molar-refractivity contribution in [3.8, 4) is 0 Å². The molecule has 1 saturated heterocycles. The summed E-state index contributed by atoms with van der Waals surface area (Å²) in [6.07, 6.45) is 2.90. The van der Waals surface area contributed by atoms with E-state index in [9.17, 15) is 4.79 Å². The Morgan fingerprint density at radius 2 is 1.79 bits per heavy atom. The Morgan fingerprint density at radius 3 is 2.37 bits per heavy atom. The number of carbonyl (C=O) groups is 1. The quantitative estimate of drug-likeness (QED) is 0.872. The average Bonchev–Trinajstić information content (AvgIpc) is 2.46. The maximum absolute atomic E-state index is 12.3. The molecule has 3 nitrogen and oxygen atoms in total. The van der Waals surface area contributed by atoms with Gasteiger partial charge in [0.1, 0.15) is 0 Å². The maximum atomic E-state index is 12.3. The molecule has 1 aromatic carbocycles.